The summed E-state index contributed by atoms with van der Waals surface area (Å²) in [4.78, 5) is 4.40. The van der Waals surface area contributed by atoms with Crippen LogP contribution in [0.2, 0.25) is 10.0 Å². The Kier molecular flexibility index (Phi) is 4.20. The summed E-state index contributed by atoms with van der Waals surface area (Å²) in [6, 6.07) is 14.7. The van der Waals surface area contributed by atoms with E-state index < -0.39 is 0 Å². The predicted molar refractivity (Wildman–Crippen MR) is 76.4 cm³/mol. The van der Waals surface area contributed by atoms with Crippen molar-refractivity contribution in [1.82, 2.24) is 5.43 Å². The number of hydrazine groups is 1. The number of rotatable bonds is 2. The van der Waals surface area contributed by atoms with Gasteiger partial charge in [0.05, 0.1) is 15.7 Å². The van der Waals surface area contributed by atoms with E-state index in [1.54, 1.807) is 18.2 Å². The van der Waals surface area contributed by atoms with Crippen molar-refractivity contribution < 1.29 is 0 Å². The topological polar surface area (TPSA) is 50.4 Å². The molecule has 0 saturated carbocycles. The van der Waals surface area contributed by atoms with Crippen LogP contribution in [0.4, 0.5) is 5.69 Å². The van der Waals surface area contributed by atoms with Crippen molar-refractivity contribution in [2.24, 2.45) is 10.8 Å². The molecule has 0 amide bonds. The normalized spacial score (nSPS) is 11.4. The van der Waals surface area contributed by atoms with Gasteiger partial charge in [-0.15, -0.1) is 0 Å². The molecule has 92 valence electrons. The maximum absolute atomic E-state index is 5.96. The molecule has 0 heterocycles. The van der Waals surface area contributed by atoms with Crippen molar-refractivity contribution >= 4 is 34.7 Å². The number of hydrogen-bond acceptors (Lipinski definition) is 2. The number of para-hydroxylation sites is 1. The summed E-state index contributed by atoms with van der Waals surface area (Å²) in [6.07, 6.45) is 0. The highest BCUT2D eigenvalue weighted by molar-refractivity contribution is 6.42. The van der Waals surface area contributed by atoms with Gasteiger partial charge in [-0.1, -0.05) is 41.4 Å². The van der Waals surface area contributed by atoms with E-state index in [1.165, 1.54) is 0 Å². The molecule has 0 aliphatic rings. The number of nitrogens with two attached hydrogens (primary N) is 1. The zero-order chi connectivity index (χ0) is 13.0. The molecular weight excluding hydrogens is 269 g/mol. The highest BCUT2D eigenvalue weighted by Gasteiger charge is 2.05. The molecule has 0 atom stereocenters. The summed E-state index contributed by atoms with van der Waals surface area (Å²) >= 11 is 11.8. The van der Waals surface area contributed by atoms with Gasteiger partial charge in [0, 0.05) is 5.56 Å². The van der Waals surface area contributed by atoms with Crippen LogP contribution >= 0.6 is 23.2 Å². The van der Waals surface area contributed by atoms with E-state index in [4.69, 9.17) is 29.0 Å². The fraction of sp³-hybridized carbons (Fsp3) is 0. The molecule has 2 aromatic rings. The van der Waals surface area contributed by atoms with Crippen LogP contribution in [-0.4, -0.2) is 5.84 Å². The van der Waals surface area contributed by atoms with Gasteiger partial charge >= 0.3 is 0 Å². The van der Waals surface area contributed by atoms with Gasteiger partial charge in [-0.25, -0.2) is 10.8 Å². The van der Waals surface area contributed by atoms with E-state index in [0.29, 0.717) is 15.9 Å². The van der Waals surface area contributed by atoms with Crippen molar-refractivity contribution in [3.8, 4) is 0 Å². The Balaban J connectivity index is 2.39. The highest BCUT2D eigenvalue weighted by Crippen LogP contribution is 2.23. The van der Waals surface area contributed by atoms with Gasteiger partial charge in [-0.3, -0.25) is 0 Å². The first kappa shape index (κ1) is 12.9. The fourth-order valence-electron chi connectivity index (χ4n) is 1.46. The average Bonchev–Trinajstić information content (AvgIpc) is 2.40. The van der Waals surface area contributed by atoms with Gasteiger partial charge in [0.15, 0.2) is 0 Å². The molecule has 0 spiro atoms. The van der Waals surface area contributed by atoms with E-state index in [1.807, 2.05) is 30.3 Å². The zero-order valence-corrected chi connectivity index (χ0v) is 10.9. The molecule has 0 fully saturated rings. The molecule has 0 saturated heterocycles. The van der Waals surface area contributed by atoms with E-state index >= 15 is 0 Å². The maximum atomic E-state index is 5.96. The number of halogens is 2. The molecule has 0 aromatic heterocycles. The number of nitrogens with zero attached hydrogens (tertiary/aromatic N) is 1. The van der Waals surface area contributed by atoms with E-state index in [2.05, 4.69) is 10.4 Å². The largest absolute Gasteiger partial charge is 0.308 e. The summed E-state index contributed by atoms with van der Waals surface area (Å²) in [6.45, 7) is 0. The molecule has 3 N–H and O–H groups in total. The van der Waals surface area contributed by atoms with Crippen molar-refractivity contribution in [2.45, 2.75) is 0 Å². The van der Waals surface area contributed by atoms with Gasteiger partial charge in [0.25, 0.3) is 0 Å². The minimum atomic E-state index is 0.463. The number of amidine groups is 1. The second-order valence-electron chi connectivity index (χ2n) is 3.57. The number of nitrogens with one attached hydrogen (secondary N) is 1. The van der Waals surface area contributed by atoms with Gasteiger partial charge in [-0.05, 0) is 30.3 Å². The first-order valence-electron chi connectivity index (χ1n) is 5.26. The summed E-state index contributed by atoms with van der Waals surface area (Å²) in [5.74, 6) is 6.01. The minimum Gasteiger partial charge on any atom is -0.308 e. The smallest absolute Gasteiger partial charge is 0.147 e. The lowest BCUT2D eigenvalue weighted by Gasteiger charge is -2.07. The minimum absolute atomic E-state index is 0.463. The second-order valence-corrected chi connectivity index (χ2v) is 4.38. The standard InChI is InChI=1S/C13H11Cl2N3/c14-11-7-6-9(8-12(11)15)13(18-16)17-10-4-2-1-3-5-10/h1-8H,16H2,(H,17,18). The van der Waals surface area contributed by atoms with Crippen molar-refractivity contribution in [1.29, 1.82) is 0 Å². The molecule has 0 unspecified atom stereocenters. The molecule has 2 aromatic carbocycles. The summed E-state index contributed by atoms with van der Waals surface area (Å²) in [5, 5.41) is 0.960. The molecule has 18 heavy (non-hydrogen) atoms. The van der Waals surface area contributed by atoms with Crippen LogP contribution in [0.1, 0.15) is 5.56 Å². The molecule has 0 radical (unpaired) electrons. The Labute approximate surface area is 115 Å². The van der Waals surface area contributed by atoms with Gasteiger partial charge in [0.2, 0.25) is 0 Å². The molecule has 0 bridgehead atoms. The van der Waals surface area contributed by atoms with Crippen LogP contribution in [-0.2, 0) is 0 Å². The first-order chi connectivity index (χ1) is 8.70. The lowest BCUT2D eigenvalue weighted by Crippen LogP contribution is -2.30. The Morgan fingerprint density at radius 1 is 1.00 bits per heavy atom. The third kappa shape index (κ3) is 3.01. The van der Waals surface area contributed by atoms with Crippen LogP contribution in [0.5, 0.6) is 0 Å². The molecular formula is C13H11Cl2N3. The summed E-state index contributed by atoms with van der Waals surface area (Å²) in [7, 11) is 0. The predicted octanol–water partition coefficient (Wildman–Crippen LogP) is 3.54. The van der Waals surface area contributed by atoms with Crippen LogP contribution in [0, 0.1) is 0 Å². The van der Waals surface area contributed by atoms with E-state index in [-0.39, 0.29) is 0 Å². The lowest BCUT2D eigenvalue weighted by atomic mass is 10.2. The molecule has 3 nitrogen and oxygen atoms in total. The van der Waals surface area contributed by atoms with Crippen LogP contribution in [0.15, 0.2) is 53.5 Å². The molecule has 0 aliphatic heterocycles. The van der Waals surface area contributed by atoms with Gasteiger partial charge in [-0.2, -0.15) is 0 Å². The summed E-state index contributed by atoms with van der Waals surface area (Å²) in [5.41, 5.74) is 4.14. The Bertz CT molecular complexity index is 568. The van der Waals surface area contributed by atoms with E-state index in [0.717, 1.165) is 11.3 Å². The monoisotopic (exact) mass is 279 g/mol. The SMILES string of the molecule is NNC(=Nc1ccccc1)c1ccc(Cl)c(Cl)c1. The summed E-state index contributed by atoms with van der Waals surface area (Å²) < 4.78 is 0. The highest BCUT2D eigenvalue weighted by atomic mass is 35.5. The fourth-order valence-corrected chi connectivity index (χ4v) is 1.75. The third-order valence-corrected chi connectivity index (χ3v) is 3.07. The lowest BCUT2D eigenvalue weighted by molar-refractivity contribution is 1.02. The zero-order valence-electron chi connectivity index (χ0n) is 9.40. The van der Waals surface area contributed by atoms with Crippen molar-refractivity contribution in [3.63, 3.8) is 0 Å². The molecule has 5 heteroatoms. The van der Waals surface area contributed by atoms with Gasteiger partial charge < -0.3 is 5.43 Å². The van der Waals surface area contributed by atoms with Crippen LogP contribution in [0.3, 0.4) is 0 Å². The van der Waals surface area contributed by atoms with E-state index in [9.17, 15) is 0 Å². The van der Waals surface area contributed by atoms with Crippen molar-refractivity contribution in [3.05, 3.63) is 64.1 Å². The number of hydrogen-bond donors (Lipinski definition) is 2. The second kappa shape index (κ2) is 5.87. The maximum Gasteiger partial charge on any atom is 0.147 e. The van der Waals surface area contributed by atoms with Crippen LogP contribution < -0.4 is 11.3 Å². The Hall–Kier alpha value is -1.55. The van der Waals surface area contributed by atoms with Gasteiger partial charge in [0.1, 0.15) is 5.84 Å². The Morgan fingerprint density at radius 2 is 1.72 bits per heavy atom. The Morgan fingerprint density at radius 3 is 2.33 bits per heavy atom. The molecule has 2 rings (SSSR count). The first-order valence-corrected chi connectivity index (χ1v) is 6.02. The third-order valence-electron chi connectivity index (χ3n) is 2.33. The van der Waals surface area contributed by atoms with Crippen molar-refractivity contribution in [2.75, 3.05) is 0 Å². The van der Waals surface area contributed by atoms with Crippen LogP contribution in [0.25, 0.3) is 0 Å². The number of aliphatic imine (C=N–C) groups is 1. The quantitative estimate of drug-likeness (QED) is 0.382. The molecule has 0 aliphatic carbocycles. The number of benzene rings is 2. The average molecular weight is 280 g/mol.